The van der Waals surface area contributed by atoms with Gasteiger partial charge >= 0.3 is 0 Å². The van der Waals surface area contributed by atoms with Gasteiger partial charge in [0.05, 0.1) is 0 Å². The maximum Gasteiger partial charge on any atom is 0.299 e. The molecule has 0 spiro atoms. The first kappa shape index (κ1) is 12.1. The van der Waals surface area contributed by atoms with Crippen molar-refractivity contribution in [1.82, 2.24) is 0 Å². The van der Waals surface area contributed by atoms with E-state index in [4.69, 9.17) is 0 Å². The maximum atomic E-state index is 11.3. The van der Waals surface area contributed by atoms with Crippen LogP contribution in [0.25, 0.3) is 6.08 Å². The van der Waals surface area contributed by atoms with Crippen LogP contribution in [0, 0.1) is 0 Å². The molecule has 92 valence electrons. The van der Waals surface area contributed by atoms with Crippen LogP contribution >= 0.6 is 0 Å². The molecule has 6 heteroatoms. The summed E-state index contributed by atoms with van der Waals surface area (Å²) in [6.45, 7) is 0. The lowest BCUT2D eigenvalue weighted by Crippen LogP contribution is -2.36. The monoisotopic (exact) mass is 255 g/mol. The third-order valence-corrected chi connectivity index (χ3v) is 4.12. The number of rotatable bonds is 2. The predicted molar refractivity (Wildman–Crippen MR) is 65.1 cm³/mol. The van der Waals surface area contributed by atoms with E-state index in [1.165, 1.54) is 12.1 Å². The quantitative estimate of drug-likeness (QED) is 0.691. The van der Waals surface area contributed by atoms with Crippen LogP contribution in [-0.2, 0) is 15.1 Å². The molecule has 1 aliphatic rings. The third kappa shape index (κ3) is 1.84. The fraction of sp³-hybridized carbons (Fsp3) is 0.273. The Bertz CT molecular complexity index is 579. The number of hydrogen-bond acceptors (Lipinski definition) is 4. The van der Waals surface area contributed by atoms with Crippen molar-refractivity contribution in [3.05, 3.63) is 35.4 Å². The Balaban J connectivity index is 2.69. The van der Waals surface area contributed by atoms with E-state index in [1.807, 2.05) is 0 Å². The highest BCUT2D eigenvalue weighted by Gasteiger charge is 2.44. The normalized spacial score (nSPS) is 23.2. The molecule has 0 radical (unpaired) electrons. The van der Waals surface area contributed by atoms with E-state index in [-0.39, 0.29) is 12.0 Å². The van der Waals surface area contributed by atoms with Crippen molar-refractivity contribution in [3.8, 4) is 0 Å². The molecule has 0 saturated heterocycles. The van der Waals surface area contributed by atoms with E-state index in [0.29, 0.717) is 11.3 Å². The van der Waals surface area contributed by atoms with Crippen molar-refractivity contribution in [2.45, 2.75) is 11.4 Å². The lowest BCUT2D eigenvalue weighted by atomic mass is 9.94. The average molecular weight is 255 g/mol. The molecule has 1 atom stereocenters. The van der Waals surface area contributed by atoms with E-state index < -0.39 is 15.1 Å². The standard InChI is InChI=1S/C11H13NO4S/c1-12-9-5-4-8-3-2-6-11(13,10(8)7-9)17(14,15)16/h2-5,7,12-13H,6H2,1H3,(H,14,15,16). The van der Waals surface area contributed by atoms with Crippen LogP contribution in [0.1, 0.15) is 17.5 Å². The van der Waals surface area contributed by atoms with E-state index in [9.17, 15) is 18.1 Å². The summed E-state index contributed by atoms with van der Waals surface area (Å²) in [4.78, 5) is -2.26. The van der Waals surface area contributed by atoms with Gasteiger partial charge < -0.3 is 10.4 Å². The summed E-state index contributed by atoms with van der Waals surface area (Å²) in [5, 5.41) is 13.0. The van der Waals surface area contributed by atoms with Crippen LogP contribution in [-0.4, -0.2) is 25.1 Å². The molecule has 3 N–H and O–H groups in total. The molecule has 1 aromatic carbocycles. The average Bonchev–Trinajstić information content (AvgIpc) is 2.28. The van der Waals surface area contributed by atoms with Crippen LogP contribution < -0.4 is 5.32 Å². The van der Waals surface area contributed by atoms with Crippen molar-refractivity contribution in [2.75, 3.05) is 12.4 Å². The molecular formula is C11H13NO4S. The SMILES string of the molecule is CNc1ccc2c(c1)C(O)(S(=O)(=O)O)CC=C2. The van der Waals surface area contributed by atoms with Gasteiger partial charge in [-0.2, -0.15) is 8.42 Å². The lowest BCUT2D eigenvalue weighted by Gasteiger charge is -2.28. The van der Waals surface area contributed by atoms with Gasteiger partial charge in [-0.3, -0.25) is 4.55 Å². The fourth-order valence-electron chi connectivity index (χ4n) is 1.90. The summed E-state index contributed by atoms with van der Waals surface area (Å²) in [5.74, 6) is 0. The fourth-order valence-corrected chi connectivity index (χ4v) is 2.66. The lowest BCUT2D eigenvalue weighted by molar-refractivity contribution is 0.114. The van der Waals surface area contributed by atoms with Crippen molar-refractivity contribution in [2.24, 2.45) is 0 Å². The molecule has 0 bridgehead atoms. The maximum absolute atomic E-state index is 11.3. The highest BCUT2D eigenvalue weighted by molar-refractivity contribution is 7.86. The van der Waals surface area contributed by atoms with Crippen molar-refractivity contribution < 1.29 is 18.1 Å². The second kappa shape index (κ2) is 3.83. The number of aliphatic hydroxyl groups is 1. The minimum atomic E-state index is -4.59. The Morgan fingerprint density at radius 3 is 2.71 bits per heavy atom. The van der Waals surface area contributed by atoms with Gasteiger partial charge in [-0.15, -0.1) is 0 Å². The minimum absolute atomic E-state index is 0.161. The molecular weight excluding hydrogens is 242 g/mol. The van der Waals surface area contributed by atoms with E-state index in [0.717, 1.165) is 0 Å². The van der Waals surface area contributed by atoms with Crippen molar-refractivity contribution in [1.29, 1.82) is 0 Å². The molecule has 5 nitrogen and oxygen atoms in total. The van der Waals surface area contributed by atoms with Gasteiger partial charge in [-0.25, -0.2) is 0 Å². The Morgan fingerprint density at radius 2 is 2.12 bits per heavy atom. The third-order valence-electron chi connectivity index (χ3n) is 2.88. The topological polar surface area (TPSA) is 86.6 Å². The number of anilines is 1. The van der Waals surface area contributed by atoms with Gasteiger partial charge in [0.2, 0.25) is 4.93 Å². The van der Waals surface area contributed by atoms with Crippen LogP contribution in [0.15, 0.2) is 24.3 Å². The largest absolute Gasteiger partial charge is 0.388 e. The first-order chi connectivity index (χ1) is 7.88. The van der Waals surface area contributed by atoms with Gasteiger partial charge in [0.25, 0.3) is 10.1 Å². The van der Waals surface area contributed by atoms with Gasteiger partial charge in [-0.05, 0) is 17.7 Å². The first-order valence-electron chi connectivity index (χ1n) is 5.07. The Morgan fingerprint density at radius 1 is 1.41 bits per heavy atom. The number of benzene rings is 1. The zero-order chi connectivity index (χ0) is 12.7. The van der Waals surface area contributed by atoms with Crippen molar-refractivity contribution in [3.63, 3.8) is 0 Å². The molecule has 0 saturated carbocycles. The van der Waals surface area contributed by atoms with E-state index in [2.05, 4.69) is 5.32 Å². The van der Waals surface area contributed by atoms with Gasteiger partial charge in [-0.1, -0.05) is 18.2 Å². The number of nitrogens with one attached hydrogen (secondary N) is 1. The molecule has 1 unspecified atom stereocenters. The smallest absolute Gasteiger partial charge is 0.299 e. The van der Waals surface area contributed by atoms with Crippen LogP contribution in [0.5, 0.6) is 0 Å². The summed E-state index contributed by atoms with van der Waals surface area (Å²) >= 11 is 0. The van der Waals surface area contributed by atoms with Gasteiger partial charge in [0.1, 0.15) is 0 Å². The molecule has 0 amide bonds. The summed E-state index contributed by atoms with van der Waals surface area (Å²) in [6, 6.07) is 4.97. The van der Waals surface area contributed by atoms with Crippen LogP contribution in [0.2, 0.25) is 0 Å². The zero-order valence-electron chi connectivity index (χ0n) is 9.21. The summed E-state index contributed by atoms with van der Waals surface area (Å²) in [5.41, 5.74) is 1.44. The minimum Gasteiger partial charge on any atom is -0.388 e. The predicted octanol–water partition coefficient (Wildman–Crippen LogP) is 1.18. The Kier molecular flexibility index (Phi) is 2.73. The molecule has 0 aromatic heterocycles. The summed E-state index contributed by atoms with van der Waals surface area (Å²) < 4.78 is 31.8. The molecule has 0 aliphatic heterocycles. The Labute approximate surface area is 99.5 Å². The first-order valence-corrected chi connectivity index (χ1v) is 6.51. The number of fused-ring (bicyclic) bond motifs is 1. The van der Waals surface area contributed by atoms with Crippen LogP contribution in [0.3, 0.4) is 0 Å². The van der Waals surface area contributed by atoms with E-state index >= 15 is 0 Å². The summed E-state index contributed by atoms with van der Waals surface area (Å²) in [6.07, 6.45) is 3.08. The van der Waals surface area contributed by atoms with Gasteiger partial charge in [0.15, 0.2) is 0 Å². The second-order valence-electron chi connectivity index (χ2n) is 3.92. The molecule has 0 fully saturated rings. The Hall–Kier alpha value is -1.37. The molecule has 2 rings (SSSR count). The van der Waals surface area contributed by atoms with Gasteiger partial charge in [0, 0.05) is 24.7 Å². The van der Waals surface area contributed by atoms with Crippen molar-refractivity contribution >= 4 is 21.9 Å². The molecule has 1 aromatic rings. The second-order valence-corrected chi connectivity index (χ2v) is 5.54. The number of hydrogen-bond donors (Lipinski definition) is 3. The van der Waals surface area contributed by atoms with E-state index in [1.54, 1.807) is 25.3 Å². The molecule has 17 heavy (non-hydrogen) atoms. The summed E-state index contributed by atoms with van der Waals surface area (Å²) in [7, 11) is -2.90. The zero-order valence-corrected chi connectivity index (χ0v) is 10.0. The molecule has 0 heterocycles. The highest BCUT2D eigenvalue weighted by Crippen LogP contribution is 2.38. The highest BCUT2D eigenvalue weighted by atomic mass is 32.2. The van der Waals surface area contributed by atoms with Crippen LogP contribution in [0.4, 0.5) is 5.69 Å². The molecule has 1 aliphatic carbocycles.